The van der Waals surface area contributed by atoms with Crippen molar-refractivity contribution in [1.82, 2.24) is 0 Å². The van der Waals surface area contributed by atoms with Gasteiger partial charge in [0.05, 0.1) is 22.9 Å². The zero-order valence-corrected chi connectivity index (χ0v) is 20.6. The highest BCUT2D eigenvalue weighted by molar-refractivity contribution is 9.10. The summed E-state index contributed by atoms with van der Waals surface area (Å²) < 4.78 is 11.1. The molecule has 30 heavy (non-hydrogen) atoms. The Bertz CT molecular complexity index is 733. The van der Waals surface area contributed by atoms with E-state index in [-0.39, 0.29) is 21.2 Å². The third kappa shape index (κ3) is 7.55. The SMILES string of the molecule is CCCOc1ccc(C(=O)[C@H](Br)CC[C@@H](Br)C(=O)c2ccc(OCCC)cc2)cc1. The summed E-state index contributed by atoms with van der Waals surface area (Å²) in [6.07, 6.45) is 2.97. The minimum Gasteiger partial charge on any atom is -0.494 e. The van der Waals surface area contributed by atoms with Crippen LogP contribution in [-0.2, 0) is 0 Å². The van der Waals surface area contributed by atoms with Gasteiger partial charge in [-0.05, 0) is 74.2 Å². The summed E-state index contributed by atoms with van der Waals surface area (Å²) in [5.74, 6) is 1.52. The summed E-state index contributed by atoms with van der Waals surface area (Å²) in [4.78, 5) is 24.6. The molecule has 0 saturated carbocycles. The van der Waals surface area contributed by atoms with E-state index in [1.165, 1.54) is 0 Å². The highest BCUT2D eigenvalue weighted by Gasteiger charge is 2.22. The molecule has 0 aliphatic rings. The van der Waals surface area contributed by atoms with Crippen LogP contribution in [0.5, 0.6) is 11.5 Å². The number of ether oxygens (including phenoxy) is 2. The fourth-order valence-corrected chi connectivity index (χ4v) is 3.84. The highest BCUT2D eigenvalue weighted by atomic mass is 79.9. The van der Waals surface area contributed by atoms with E-state index < -0.39 is 0 Å². The van der Waals surface area contributed by atoms with Crippen LogP contribution in [0, 0.1) is 0 Å². The van der Waals surface area contributed by atoms with Gasteiger partial charge in [-0.3, -0.25) is 9.59 Å². The second-order valence-corrected chi connectivity index (χ2v) is 9.20. The first-order valence-electron chi connectivity index (χ1n) is 10.3. The number of halogens is 2. The molecule has 0 bridgehead atoms. The number of alkyl halides is 2. The Morgan fingerprint density at radius 3 is 1.33 bits per heavy atom. The van der Waals surface area contributed by atoms with Crippen molar-refractivity contribution in [3.8, 4) is 11.5 Å². The first-order chi connectivity index (χ1) is 14.5. The molecule has 2 aromatic rings. The lowest BCUT2D eigenvalue weighted by Gasteiger charge is -2.13. The summed E-state index contributed by atoms with van der Waals surface area (Å²) in [6.45, 7) is 5.41. The van der Waals surface area contributed by atoms with E-state index in [0.29, 0.717) is 37.2 Å². The largest absolute Gasteiger partial charge is 0.494 e. The molecule has 2 atom stereocenters. The Kier molecular flexibility index (Phi) is 10.6. The molecule has 0 heterocycles. The molecular formula is C24H28Br2O4. The number of carbonyl (C=O) groups excluding carboxylic acids is 2. The van der Waals surface area contributed by atoms with Crippen LogP contribution in [0.1, 0.15) is 60.2 Å². The molecule has 0 saturated heterocycles. The molecule has 4 nitrogen and oxygen atoms in total. The van der Waals surface area contributed by atoms with E-state index in [9.17, 15) is 9.59 Å². The lowest BCUT2D eigenvalue weighted by Crippen LogP contribution is -2.19. The molecule has 0 aliphatic carbocycles. The fraction of sp³-hybridized carbons (Fsp3) is 0.417. The molecular weight excluding hydrogens is 512 g/mol. The molecule has 2 aromatic carbocycles. The third-order valence-corrected chi connectivity index (χ3v) is 6.21. The summed E-state index contributed by atoms with van der Waals surface area (Å²) in [5.41, 5.74) is 1.25. The van der Waals surface area contributed by atoms with Gasteiger partial charge in [-0.1, -0.05) is 45.7 Å². The minimum absolute atomic E-state index is 0.00150. The van der Waals surface area contributed by atoms with Crippen molar-refractivity contribution in [2.75, 3.05) is 13.2 Å². The topological polar surface area (TPSA) is 52.6 Å². The van der Waals surface area contributed by atoms with Gasteiger partial charge < -0.3 is 9.47 Å². The number of hydrogen-bond acceptors (Lipinski definition) is 4. The maximum Gasteiger partial charge on any atom is 0.176 e. The summed E-state index contributed by atoms with van der Waals surface area (Å²) >= 11 is 6.96. The zero-order chi connectivity index (χ0) is 21.9. The second kappa shape index (κ2) is 12.9. The van der Waals surface area contributed by atoms with Gasteiger partial charge in [0, 0.05) is 11.1 Å². The lowest BCUT2D eigenvalue weighted by molar-refractivity contribution is 0.0965. The minimum atomic E-state index is -0.349. The fourth-order valence-electron chi connectivity index (χ4n) is 2.79. The quantitative estimate of drug-likeness (QED) is 0.211. The number of carbonyl (C=O) groups is 2. The van der Waals surface area contributed by atoms with Gasteiger partial charge in [0.2, 0.25) is 0 Å². The van der Waals surface area contributed by atoms with Crippen LogP contribution >= 0.6 is 31.9 Å². The van der Waals surface area contributed by atoms with E-state index in [1.54, 1.807) is 24.3 Å². The van der Waals surface area contributed by atoms with Crippen LogP contribution in [0.4, 0.5) is 0 Å². The lowest BCUT2D eigenvalue weighted by atomic mass is 10.0. The van der Waals surface area contributed by atoms with Crippen LogP contribution in [0.3, 0.4) is 0 Å². The van der Waals surface area contributed by atoms with Crippen LogP contribution in [-0.4, -0.2) is 34.4 Å². The summed E-state index contributed by atoms with van der Waals surface area (Å²) in [5, 5.41) is 0. The summed E-state index contributed by atoms with van der Waals surface area (Å²) in [6, 6.07) is 14.4. The van der Waals surface area contributed by atoms with E-state index in [0.717, 1.165) is 24.3 Å². The van der Waals surface area contributed by atoms with Gasteiger partial charge in [0.25, 0.3) is 0 Å². The molecule has 0 amide bonds. The second-order valence-electron chi connectivity index (χ2n) is 6.99. The Hall–Kier alpha value is -1.66. The van der Waals surface area contributed by atoms with Gasteiger partial charge in [-0.2, -0.15) is 0 Å². The van der Waals surface area contributed by atoms with E-state index in [4.69, 9.17) is 9.47 Å². The number of Topliss-reactive ketones (excluding diaryl/α,β-unsaturated/α-hetero) is 2. The van der Waals surface area contributed by atoms with Gasteiger partial charge in [-0.25, -0.2) is 0 Å². The molecule has 0 aliphatic heterocycles. The molecule has 2 rings (SSSR count). The number of rotatable bonds is 13. The van der Waals surface area contributed by atoms with E-state index in [1.807, 2.05) is 38.1 Å². The highest BCUT2D eigenvalue weighted by Crippen LogP contribution is 2.23. The molecule has 0 aromatic heterocycles. The Morgan fingerprint density at radius 1 is 0.700 bits per heavy atom. The molecule has 0 fully saturated rings. The summed E-state index contributed by atoms with van der Waals surface area (Å²) in [7, 11) is 0. The molecule has 0 spiro atoms. The number of benzene rings is 2. The first kappa shape index (κ1) is 24.6. The van der Waals surface area contributed by atoms with Crippen molar-refractivity contribution < 1.29 is 19.1 Å². The van der Waals surface area contributed by atoms with Crippen molar-refractivity contribution in [2.24, 2.45) is 0 Å². The predicted octanol–water partition coefficient (Wildman–Crippen LogP) is 6.64. The van der Waals surface area contributed by atoms with Crippen LogP contribution in [0.2, 0.25) is 0 Å². The average molecular weight is 540 g/mol. The standard InChI is InChI=1S/C24H28Br2O4/c1-3-15-29-19-9-5-17(6-10-19)23(27)21(25)13-14-22(26)24(28)18-7-11-20(12-8-18)30-16-4-2/h5-12,21-22H,3-4,13-16H2,1-2H3/t21-,22-/m1/s1. The molecule has 0 unspecified atom stereocenters. The van der Waals surface area contributed by atoms with Crippen LogP contribution in [0.25, 0.3) is 0 Å². The molecule has 0 radical (unpaired) electrons. The number of ketones is 2. The third-order valence-electron chi connectivity index (χ3n) is 4.47. The molecule has 0 N–H and O–H groups in total. The maximum absolute atomic E-state index is 12.6. The normalized spacial score (nSPS) is 12.8. The maximum atomic E-state index is 12.6. The Balaban J connectivity index is 1.85. The van der Waals surface area contributed by atoms with Crippen molar-refractivity contribution in [2.45, 2.75) is 49.2 Å². The molecule has 162 valence electrons. The van der Waals surface area contributed by atoms with Crippen LogP contribution in [0.15, 0.2) is 48.5 Å². The van der Waals surface area contributed by atoms with Crippen molar-refractivity contribution in [1.29, 1.82) is 0 Å². The Morgan fingerprint density at radius 2 is 1.03 bits per heavy atom. The van der Waals surface area contributed by atoms with Crippen LogP contribution < -0.4 is 9.47 Å². The predicted molar refractivity (Wildman–Crippen MR) is 128 cm³/mol. The van der Waals surface area contributed by atoms with Crippen molar-refractivity contribution in [3.05, 3.63) is 59.7 Å². The zero-order valence-electron chi connectivity index (χ0n) is 17.4. The molecule has 6 heteroatoms. The Labute approximate surface area is 195 Å². The smallest absolute Gasteiger partial charge is 0.176 e. The van der Waals surface area contributed by atoms with Crippen molar-refractivity contribution in [3.63, 3.8) is 0 Å². The average Bonchev–Trinajstić information content (AvgIpc) is 2.79. The van der Waals surface area contributed by atoms with Gasteiger partial charge in [0.1, 0.15) is 11.5 Å². The van der Waals surface area contributed by atoms with E-state index >= 15 is 0 Å². The van der Waals surface area contributed by atoms with Gasteiger partial charge >= 0.3 is 0 Å². The first-order valence-corrected chi connectivity index (χ1v) is 12.1. The van der Waals surface area contributed by atoms with E-state index in [2.05, 4.69) is 31.9 Å². The van der Waals surface area contributed by atoms with Gasteiger partial charge in [-0.15, -0.1) is 0 Å². The van der Waals surface area contributed by atoms with Gasteiger partial charge in [0.15, 0.2) is 11.6 Å². The van der Waals surface area contributed by atoms with Crippen molar-refractivity contribution >= 4 is 43.4 Å². The number of hydrogen-bond donors (Lipinski definition) is 0. The monoisotopic (exact) mass is 538 g/mol.